The minimum atomic E-state index is -0.452. The SMILES string of the molecule is CC1C(=O)NCCN1c1ccc(C(N)=S)c(Br)c1F. The molecule has 1 aromatic rings. The average Bonchev–Trinajstić information content (AvgIpc) is 2.36. The van der Waals surface area contributed by atoms with Crippen molar-refractivity contribution in [3.05, 3.63) is 28.0 Å². The van der Waals surface area contributed by atoms with Gasteiger partial charge in [-0.25, -0.2) is 4.39 Å². The van der Waals surface area contributed by atoms with Crippen molar-refractivity contribution in [3.8, 4) is 0 Å². The van der Waals surface area contributed by atoms with Gasteiger partial charge in [0.25, 0.3) is 0 Å². The lowest BCUT2D eigenvalue weighted by Gasteiger charge is -2.35. The number of piperazine rings is 1. The third-order valence-electron chi connectivity index (χ3n) is 3.14. The monoisotopic (exact) mass is 345 g/mol. The zero-order valence-electron chi connectivity index (χ0n) is 10.2. The lowest BCUT2D eigenvalue weighted by atomic mass is 10.1. The second-order valence-corrected chi connectivity index (χ2v) is 5.52. The van der Waals surface area contributed by atoms with Gasteiger partial charge in [0.05, 0.1) is 10.2 Å². The van der Waals surface area contributed by atoms with E-state index in [2.05, 4.69) is 21.2 Å². The molecule has 1 aromatic carbocycles. The fourth-order valence-corrected chi connectivity index (χ4v) is 2.91. The molecule has 0 spiro atoms. The Morgan fingerprint density at radius 3 is 2.95 bits per heavy atom. The molecule has 4 nitrogen and oxygen atoms in total. The van der Waals surface area contributed by atoms with Crippen LogP contribution in [0.25, 0.3) is 0 Å². The number of carbonyl (C=O) groups is 1. The van der Waals surface area contributed by atoms with Crippen molar-refractivity contribution in [2.24, 2.45) is 5.73 Å². The number of benzene rings is 1. The Morgan fingerprint density at radius 1 is 1.63 bits per heavy atom. The molecule has 0 saturated carbocycles. The molecule has 19 heavy (non-hydrogen) atoms. The first-order valence-electron chi connectivity index (χ1n) is 5.75. The highest BCUT2D eigenvalue weighted by molar-refractivity contribution is 9.10. The minimum absolute atomic E-state index is 0.111. The van der Waals surface area contributed by atoms with E-state index in [9.17, 15) is 9.18 Å². The Bertz CT molecular complexity index is 552. The summed E-state index contributed by atoms with van der Waals surface area (Å²) >= 11 is 8.02. The quantitative estimate of drug-likeness (QED) is 0.798. The number of thiocarbonyl (C=S) groups is 1. The molecule has 0 radical (unpaired) electrons. The largest absolute Gasteiger partial charge is 0.389 e. The number of carbonyl (C=O) groups excluding carboxylic acids is 1. The van der Waals surface area contributed by atoms with Crippen molar-refractivity contribution in [3.63, 3.8) is 0 Å². The number of hydrogen-bond donors (Lipinski definition) is 2. The summed E-state index contributed by atoms with van der Waals surface area (Å²) in [5.74, 6) is -0.563. The first-order valence-corrected chi connectivity index (χ1v) is 6.95. The van der Waals surface area contributed by atoms with Crippen molar-refractivity contribution in [1.29, 1.82) is 0 Å². The lowest BCUT2D eigenvalue weighted by Crippen LogP contribution is -2.54. The maximum Gasteiger partial charge on any atom is 0.242 e. The number of nitrogens with zero attached hydrogens (tertiary/aromatic N) is 1. The van der Waals surface area contributed by atoms with Gasteiger partial charge < -0.3 is 16.0 Å². The van der Waals surface area contributed by atoms with Gasteiger partial charge in [0.2, 0.25) is 5.91 Å². The number of anilines is 1. The lowest BCUT2D eigenvalue weighted by molar-refractivity contribution is -0.122. The Labute approximate surface area is 124 Å². The highest BCUT2D eigenvalue weighted by Crippen LogP contribution is 2.31. The molecular formula is C12H13BrFN3OS. The van der Waals surface area contributed by atoms with Crippen LogP contribution in [0.2, 0.25) is 0 Å². The minimum Gasteiger partial charge on any atom is -0.389 e. The van der Waals surface area contributed by atoms with E-state index < -0.39 is 11.9 Å². The Kier molecular flexibility index (Phi) is 4.05. The van der Waals surface area contributed by atoms with Crippen LogP contribution in [0.15, 0.2) is 16.6 Å². The van der Waals surface area contributed by atoms with E-state index in [0.29, 0.717) is 24.3 Å². The second kappa shape index (κ2) is 5.42. The smallest absolute Gasteiger partial charge is 0.242 e. The van der Waals surface area contributed by atoms with Crippen LogP contribution in [0.5, 0.6) is 0 Å². The van der Waals surface area contributed by atoms with E-state index in [4.69, 9.17) is 18.0 Å². The first-order chi connectivity index (χ1) is 8.93. The number of hydrogen-bond acceptors (Lipinski definition) is 3. The van der Waals surface area contributed by atoms with Crippen LogP contribution in [-0.4, -0.2) is 30.0 Å². The molecule has 0 aromatic heterocycles. The molecule has 1 atom stereocenters. The van der Waals surface area contributed by atoms with Crippen molar-refractivity contribution >= 4 is 44.7 Å². The summed E-state index contributed by atoms with van der Waals surface area (Å²) in [6.07, 6.45) is 0. The summed E-state index contributed by atoms with van der Waals surface area (Å²) in [5, 5.41) is 2.74. The van der Waals surface area contributed by atoms with Gasteiger partial charge in [0.1, 0.15) is 11.0 Å². The Balaban J connectivity index is 2.43. The van der Waals surface area contributed by atoms with Gasteiger partial charge in [-0.1, -0.05) is 12.2 Å². The normalized spacial score (nSPS) is 19.2. The van der Waals surface area contributed by atoms with E-state index in [1.807, 2.05) is 0 Å². The first kappa shape index (κ1) is 14.2. The van der Waals surface area contributed by atoms with Crippen LogP contribution in [0.3, 0.4) is 0 Å². The van der Waals surface area contributed by atoms with Gasteiger partial charge in [0.15, 0.2) is 5.82 Å². The molecule has 1 aliphatic heterocycles. The fraction of sp³-hybridized carbons (Fsp3) is 0.333. The van der Waals surface area contributed by atoms with Crippen molar-refractivity contribution in [2.75, 3.05) is 18.0 Å². The molecule has 1 unspecified atom stereocenters. The fourth-order valence-electron chi connectivity index (χ4n) is 2.06. The molecule has 1 fully saturated rings. The number of nitrogens with two attached hydrogens (primary N) is 1. The van der Waals surface area contributed by atoms with Crippen LogP contribution in [0.1, 0.15) is 12.5 Å². The summed E-state index contributed by atoms with van der Waals surface area (Å²) < 4.78 is 14.6. The van der Waals surface area contributed by atoms with Crippen LogP contribution in [0, 0.1) is 5.82 Å². The molecule has 1 amide bonds. The van der Waals surface area contributed by atoms with E-state index in [1.165, 1.54) is 0 Å². The Hall–Kier alpha value is -1.21. The highest BCUT2D eigenvalue weighted by atomic mass is 79.9. The average molecular weight is 346 g/mol. The summed E-state index contributed by atoms with van der Waals surface area (Å²) in [5.41, 5.74) is 6.34. The molecule has 1 aliphatic rings. The summed E-state index contributed by atoms with van der Waals surface area (Å²) in [4.78, 5) is 13.5. The predicted molar refractivity (Wildman–Crippen MR) is 79.8 cm³/mol. The van der Waals surface area contributed by atoms with Crippen LogP contribution < -0.4 is 16.0 Å². The topological polar surface area (TPSA) is 58.4 Å². The second-order valence-electron chi connectivity index (χ2n) is 4.28. The van der Waals surface area contributed by atoms with E-state index in [-0.39, 0.29) is 15.4 Å². The zero-order chi connectivity index (χ0) is 14.2. The van der Waals surface area contributed by atoms with Gasteiger partial charge in [-0.05, 0) is 35.0 Å². The summed E-state index contributed by atoms with van der Waals surface area (Å²) in [7, 11) is 0. The molecule has 2 rings (SSSR count). The number of rotatable bonds is 2. The summed E-state index contributed by atoms with van der Waals surface area (Å²) in [6, 6.07) is 2.85. The van der Waals surface area contributed by atoms with E-state index >= 15 is 0 Å². The van der Waals surface area contributed by atoms with Crippen molar-refractivity contribution in [2.45, 2.75) is 13.0 Å². The molecule has 1 heterocycles. The van der Waals surface area contributed by atoms with E-state index in [1.54, 1.807) is 24.0 Å². The standard InChI is InChI=1S/C12H13BrFN3OS/c1-6-12(18)16-4-5-17(6)8-3-2-7(11(15)19)9(13)10(8)14/h2-3,6H,4-5H2,1H3,(H2,15,19)(H,16,18). The number of halogens is 2. The third-order valence-corrected chi connectivity index (χ3v) is 4.13. The number of nitrogens with one attached hydrogen (secondary N) is 1. The molecule has 7 heteroatoms. The zero-order valence-corrected chi connectivity index (χ0v) is 12.6. The molecule has 3 N–H and O–H groups in total. The Morgan fingerprint density at radius 2 is 2.32 bits per heavy atom. The van der Waals surface area contributed by atoms with Crippen LogP contribution >= 0.6 is 28.1 Å². The molecule has 1 saturated heterocycles. The van der Waals surface area contributed by atoms with Gasteiger partial charge in [-0.2, -0.15) is 0 Å². The number of amides is 1. The highest BCUT2D eigenvalue weighted by Gasteiger charge is 2.28. The molecular weight excluding hydrogens is 333 g/mol. The molecule has 0 bridgehead atoms. The van der Waals surface area contributed by atoms with Crippen molar-refractivity contribution in [1.82, 2.24) is 5.32 Å². The van der Waals surface area contributed by atoms with Gasteiger partial charge in [-0.15, -0.1) is 0 Å². The maximum absolute atomic E-state index is 14.4. The van der Waals surface area contributed by atoms with Gasteiger partial charge in [-0.3, -0.25) is 4.79 Å². The van der Waals surface area contributed by atoms with E-state index in [0.717, 1.165) is 0 Å². The molecule has 0 aliphatic carbocycles. The molecule has 102 valence electrons. The van der Waals surface area contributed by atoms with Crippen LogP contribution in [0.4, 0.5) is 10.1 Å². The summed E-state index contributed by atoms with van der Waals surface area (Å²) in [6.45, 7) is 2.79. The third kappa shape index (κ3) is 2.57. The maximum atomic E-state index is 14.4. The van der Waals surface area contributed by atoms with Crippen molar-refractivity contribution < 1.29 is 9.18 Å². The van der Waals surface area contributed by atoms with Gasteiger partial charge >= 0.3 is 0 Å². The predicted octanol–water partition coefficient (Wildman–Crippen LogP) is 1.55. The van der Waals surface area contributed by atoms with Gasteiger partial charge in [0, 0.05) is 18.7 Å². The van der Waals surface area contributed by atoms with Crippen LogP contribution in [-0.2, 0) is 4.79 Å².